The first kappa shape index (κ1) is 15.9. The minimum atomic E-state index is -0.00837. The van der Waals surface area contributed by atoms with Crippen LogP contribution in [0.4, 0.5) is 0 Å². The number of rotatable bonds is 6. The van der Waals surface area contributed by atoms with Crippen molar-refractivity contribution >= 4 is 39.2 Å². The van der Waals surface area contributed by atoms with Crippen molar-refractivity contribution in [1.82, 2.24) is 25.1 Å². The van der Waals surface area contributed by atoms with Crippen LogP contribution < -0.4 is 5.32 Å². The fourth-order valence-electron chi connectivity index (χ4n) is 2.04. The molecule has 0 aliphatic rings. The molecule has 6 nitrogen and oxygen atoms in total. The van der Waals surface area contributed by atoms with Gasteiger partial charge in [0.15, 0.2) is 5.16 Å². The van der Waals surface area contributed by atoms with Crippen LogP contribution in [0.2, 0.25) is 0 Å². The van der Waals surface area contributed by atoms with Gasteiger partial charge in [-0.2, -0.15) is 0 Å². The van der Waals surface area contributed by atoms with E-state index >= 15 is 0 Å². The number of nitrogens with zero attached hydrogens (tertiary/aromatic N) is 4. The van der Waals surface area contributed by atoms with Gasteiger partial charge in [0.2, 0.25) is 5.91 Å². The zero-order valence-corrected chi connectivity index (χ0v) is 14.5. The highest BCUT2D eigenvalue weighted by Crippen LogP contribution is 2.26. The van der Waals surface area contributed by atoms with Crippen molar-refractivity contribution in [3.8, 4) is 0 Å². The van der Waals surface area contributed by atoms with E-state index in [1.54, 1.807) is 22.2 Å². The number of amides is 1. The number of aromatic nitrogens is 4. The molecule has 1 N–H and O–H groups in total. The van der Waals surface area contributed by atoms with Crippen LogP contribution in [0, 0.1) is 0 Å². The van der Waals surface area contributed by atoms with Crippen molar-refractivity contribution in [1.29, 1.82) is 0 Å². The normalized spacial score (nSPS) is 12.4. The third-order valence-corrected chi connectivity index (χ3v) is 5.64. The maximum absolute atomic E-state index is 12.0. The molecule has 8 heteroatoms. The fourth-order valence-corrected chi connectivity index (χ4v) is 3.78. The average molecular weight is 347 g/mol. The molecule has 0 fully saturated rings. The van der Waals surface area contributed by atoms with Crippen molar-refractivity contribution in [2.45, 2.75) is 18.0 Å². The molecule has 0 saturated carbocycles. The van der Waals surface area contributed by atoms with Crippen molar-refractivity contribution in [2.24, 2.45) is 7.05 Å². The Bertz CT molecular complexity index is 780. The van der Waals surface area contributed by atoms with E-state index in [2.05, 4.69) is 33.5 Å². The average Bonchev–Trinajstić information content (AvgIpc) is 3.16. The Morgan fingerprint density at radius 2 is 2.26 bits per heavy atom. The van der Waals surface area contributed by atoms with E-state index in [1.807, 2.05) is 25.2 Å². The van der Waals surface area contributed by atoms with E-state index in [9.17, 15) is 4.79 Å². The molecule has 0 aliphatic carbocycles. The molecular weight excluding hydrogens is 330 g/mol. The number of aryl methyl sites for hydroxylation is 1. The van der Waals surface area contributed by atoms with E-state index < -0.39 is 0 Å². The minimum absolute atomic E-state index is 0.00837. The largest absolute Gasteiger partial charge is 0.355 e. The summed E-state index contributed by atoms with van der Waals surface area (Å²) in [5.41, 5.74) is 1.02. The van der Waals surface area contributed by atoms with E-state index in [0.29, 0.717) is 12.3 Å². The third-order valence-electron chi connectivity index (χ3n) is 3.34. The Labute approximate surface area is 142 Å². The minimum Gasteiger partial charge on any atom is -0.355 e. The van der Waals surface area contributed by atoms with Gasteiger partial charge in [-0.25, -0.2) is 4.98 Å². The van der Waals surface area contributed by atoms with E-state index in [4.69, 9.17) is 0 Å². The Balaban J connectivity index is 1.51. The molecule has 3 aromatic rings. The van der Waals surface area contributed by atoms with Gasteiger partial charge in [0, 0.05) is 19.5 Å². The molecule has 2 aromatic heterocycles. The number of hydrogen-bond acceptors (Lipinski definition) is 6. The van der Waals surface area contributed by atoms with Gasteiger partial charge in [0.05, 0.1) is 21.0 Å². The first-order valence-corrected chi connectivity index (χ1v) is 9.02. The molecule has 1 amide bonds. The van der Waals surface area contributed by atoms with Crippen LogP contribution in [0.5, 0.6) is 0 Å². The molecule has 1 aromatic carbocycles. The molecule has 0 radical (unpaired) electrons. The molecule has 0 saturated heterocycles. The predicted molar refractivity (Wildman–Crippen MR) is 92.8 cm³/mol. The van der Waals surface area contributed by atoms with Gasteiger partial charge in [-0.05, 0) is 12.1 Å². The van der Waals surface area contributed by atoms with Crippen LogP contribution in [-0.2, 0) is 11.8 Å². The van der Waals surface area contributed by atoms with Crippen molar-refractivity contribution in [3.05, 3.63) is 35.6 Å². The summed E-state index contributed by atoms with van der Waals surface area (Å²) in [5.74, 6) is 0.515. The van der Waals surface area contributed by atoms with E-state index in [1.165, 1.54) is 16.5 Å². The number of hydrogen-bond donors (Lipinski definition) is 1. The molecular formula is C15H17N5OS2. The van der Waals surface area contributed by atoms with Crippen molar-refractivity contribution < 1.29 is 4.79 Å². The zero-order valence-electron chi connectivity index (χ0n) is 12.9. The molecule has 23 heavy (non-hydrogen) atoms. The number of carbonyl (C=O) groups excluding carboxylic acids is 1. The standard InChI is InChI=1S/C15H17N5OS2/c1-10(14-18-11-5-3-4-6-12(11)23-14)7-16-13(21)8-22-15-19-17-9-20(15)2/h3-6,9-10H,7-8H2,1-2H3,(H,16,21). The van der Waals surface area contributed by atoms with Crippen LogP contribution in [0.15, 0.2) is 35.7 Å². The summed E-state index contributed by atoms with van der Waals surface area (Å²) in [6, 6.07) is 8.08. The van der Waals surface area contributed by atoms with Gasteiger partial charge in [-0.3, -0.25) is 4.79 Å². The van der Waals surface area contributed by atoms with Gasteiger partial charge in [-0.15, -0.1) is 21.5 Å². The SMILES string of the molecule is CC(CNC(=O)CSc1nncn1C)c1nc2ccccc2s1. The molecule has 1 atom stereocenters. The van der Waals surface area contributed by atoms with Crippen LogP contribution in [-0.4, -0.2) is 38.0 Å². The van der Waals surface area contributed by atoms with Crippen LogP contribution in [0.1, 0.15) is 17.8 Å². The Morgan fingerprint density at radius 3 is 3.00 bits per heavy atom. The van der Waals surface area contributed by atoms with Crippen LogP contribution in [0.25, 0.3) is 10.2 Å². The smallest absolute Gasteiger partial charge is 0.230 e. The van der Waals surface area contributed by atoms with Crippen molar-refractivity contribution in [3.63, 3.8) is 0 Å². The number of para-hydroxylation sites is 1. The summed E-state index contributed by atoms with van der Waals surface area (Å²) < 4.78 is 2.97. The lowest BCUT2D eigenvalue weighted by atomic mass is 10.2. The lowest BCUT2D eigenvalue weighted by Crippen LogP contribution is -2.29. The number of thioether (sulfide) groups is 1. The summed E-state index contributed by atoms with van der Waals surface area (Å²) in [6.45, 7) is 2.66. The van der Waals surface area contributed by atoms with Crippen molar-refractivity contribution in [2.75, 3.05) is 12.3 Å². The molecule has 0 aliphatic heterocycles. The number of carbonyl (C=O) groups is 1. The Morgan fingerprint density at radius 1 is 1.43 bits per heavy atom. The molecule has 0 spiro atoms. The zero-order chi connectivity index (χ0) is 16.2. The Hall–Kier alpha value is -1.93. The number of benzene rings is 1. The maximum atomic E-state index is 12.0. The van der Waals surface area contributed by atoms with Gasteiger partial charge in [0.1, 0.15) is 6.33 Å². The molecule has 120 valence electrons. The predicted octanol–water partition coefficient (Wildman–Crippen LogP) is 2.44. The van der Waals surface area contributed by atoms with Gasteiger partial charge in [0.25, 0.3) is 0 Å². The summed E-state index contributed by atoms with van der Waals surface area (Å²) in [6.07, 6.45) is 1.62. The second-order valence-electron chi connectivity index (χ2n) is 5.24. The molecule has 0 bridgehead atoms. The summed E-state index contributed by atoms with van der Waals surface area (Å²) in [7, 11) is 1.86. The quantitative estimate of drug-likeness (QED) is 0.693. The Kier molecular flexibility index (Phi) is 4.92. The lowest BCUT2D eigenvalue weighted by molar-refractivity contribution is -0.118. The maximum Gasteiger partial charge on any atom is 0.230 e. The molecule has 2 heterocycles. The van der Waals surface area contributed by atoms with Crippen LogP contribution >= 0.6 is 23.1 Å². The van der Waals surface area contributed by atoms with Crippen LogP contribution in [0.3, 0.4) is 0 Å². The number of fused-ring (bicyclic) bond motifs is 1. The molecule has 1 unspecified atom stereocenters. The van der Waals surface area contributed by atoms with E-state index in [0.717, 1.165) is 15.7 Å². The topological polar surface area (TPSA) is 72.7 Å². The molecule has 3 rings (SSSR count). The monoisotopic (exact) mass is 347 g/mol. The first-order chi connectivity index (χ1) is 11.1. The van der Waals surface area contributed by atoms with E-state index in [-0.39, 0.29) is 11.8 Å². The highest BCUT2D eigenvalue weighted by atomic mass is 32.2. The number of thiazole rings is 1. The van der Waals surface area contributed by atoms with Gasteiger partial charge >= 0.3 is 0 Å². The second-order valence-corrected chi connectivity index (χ2v) is 7.24. The lowest BCUT2D eigenvalue weighted by Gasteiger charge is -2.09. The summed E-state index contributed by atoms with van der Waals surface area (Å²) in [4.78, 5) is 16.6. The second kappa shape index (κ2) is 7.10. The van der Waals surface area contributed by atoms with Gasteiger partial charge < -0.3 is 9.88 Å². The summed E-state index contributed by atoms with van der Waals surface area (Å²) >= 11 is 3.06. The van der Waals surface area contributed by atoms with Gasteiger partial charge in [-0.1, -0.05) is 30.8 Å². The first-order valence-electron chi connectivity index (χ1n) is 7.22. The summed E-state index contributed by atoms with van der Waals surface area (Å²) in [5, 5.41) is 12.5. The third kappa shape index (κ3) is 3.89. The highest BCUT2D eigenvalue weighted by molar-refractivity contribution is 7.99. The fraction of sp³-hybridized carbons (Fsp3) is 0.333. The highest BCUT2D eigenvalue weighted by Gasteiger charge is 2.13. The number of nitrogens with one attached hydrogen (secondary N) is 1.